The van der Waals surface area contributed by atoms with E-state index < -0.39 is 0 Å². The van der Waals surface area contributed by atoms with Gasteiger partial charge in [0.15, 0.2) is 0 Å². The van der Waals surface area contributed by atoms with Crippen LogP contribution in [0.1, 0.15) is 24.2 Å². The van der Waals surface area contributed by atoms with Crippen LogP contribution in [0.5, 0.6) is 5.75 Å². The number of amides is 1. The second-order valence-electron chi connectivity index (χ2n) is 2.76. The van der Waals surface area contributed by atoms with Crippen LogP contribution in [0.25, 0.3) is 0 Å². The zero-order chi connectivity index (χ0) is 11.1. The minimum Gasteiger partial charge on any atom is -0.493 e. The molecule has 0 radical (unpaired) electrons. The van der Waals surface area contributed by atoms with E-state index in [-0.39, 0.29) is 5.91 Å². The van der Waals surface area contributed by atoms with Crippen LogP contribution < -0.4 is 10.2 Å². The molecule has 0 saturated heterocycles. The minimum atomic E-state index is -0.267. The molecule has 1 aromatic carbocycles. The zero-order valence-electron chi connectivity index (χ0n) is 8.86. The highest BCUT2D eigenvalue weighted by Crippen LogP contribution is 2.17. The van der Waals surface area contributed by atoms with Crippen LogP contribution in [-0.2, 0) is 0 Å². The number of carbonyl (C=O) groups excluding carboxylic acids is 1. The standard InChI is InChI=1S/C11H14N2O2/c1-3-12-13-11(14)9-7-5-6-8-10(9)15-4-2/h3,5-8H,4H2,1-2H3,(H,13,14)/b12-3+. The van der Waals surface area contributed by atoms with Crippen molar-refractivity contribution in [3.63, 3.8) is 0 Å². The Bertz CT molecular complexity index is 361. The Morgan fingerprint density at radius 1 is 1.53 bits per heavy atom. The van der Waals surface area contributed by atoms with Gasteiger partial charge in [-0.25, -0.2) is 5.43 Å². The lowest BCUT2D eigenvalue weighted by Gasteiger charge is -2.07. The summed E-state index contributed by atoms with van der Waals surface area (Å²) in [5, 5.41) is 3.67. The van der Waals surface area contributed by atoms with Gasteiger partial charge in [-0.2, -0.15) is 5.10 Å². The first-order chi connectivity index (χ1) is 7.29. The lowest BCUT2D eigenvalue weighted by atomic mass is 10.2. The van der Waals surface area contributed by atoms with E-state index in [1.54, 1.807) is 25.1 Å². The van der Waals surface area contributed by atoms with Gasteiger partial charge < -0.3 is 4.74 Å². The molecule has 1 rings (SSSR count). The maximum Gasteiger partial charge on any atom is 0.275 e. The van der Waals surface area contributed by atoms with Gasteiger partial charge in [0.05, 0.1) is 12.2 Å². The third-order valence-electron chi connectivity index (χ3n) is 1.73. The molecule has 0 bridgehead atoms. The molecule has 1 N–H and O–H groups in total. The molecule has 15 heavy (non-hydrogen) atoms. The summed E-state index contributed by atoms with van der Waals surface area (Å²) in [5.74, 6) is 0.306. The molecule has 0 atom stereocenters. The van der Waals surface area contributed by atoms with E-state index in [1.165, 1.54) is 6.21 Å². The normalized spacial score (nSPS) is 10.3. The van der Waals surface area contributed by atoms with Crippen molar-refractivity contribution < 1.29 is 9.53 Å². The van der Waals surface area contributed by atoms with Crippen LogP contribution >= 0.6 is 0 Å². The third kappa shape index (κ3) is 3.09. The summed E-state index contributed by atoms with van der Waals surface area (Å²) in [4.78, 5) is 11.6. The molecule has 0 fully saturated rings. The van der Waals surface area contributed by atoms with Gasteiger partial charge in [0, 0.05) is 6.21 Å². The number of benzene rings is 1. The number of para-hydroxylation sites is 1. The van der Waals surface area contributed by atoms with Crippen LogP contribution in [0.3, 0.4) is 0 Å². The fourth-order valence-electron chi connectivity index (χ4n) is 1.12. The van der Waals surface area contributed by atoms with Crippen molar-refractivity contribution in [1.82, 2.24) is 5.43 Å². The summed E-state index contributed by atoms with van der Waals surface area (Å²) in [7, 11) is 0. The van der Waals surface area contributed by atoms with E-state index in [0.29, 0.717) is 17.9 Å². The average Bonchev–Trinajstić information content (AvgIpc) is 2.27. The number of ether oxygens (including phenoxy) is 1. The van der Waals surface area contributed by atoms with Gasteiger partial charge in [0.2, 0.25) is 0 Å². The van der Waals surface area contributed by atoms with Crippen LogP contribution in [0, 0.1) is 0 Å². The van der Waals surface area contributed by atoms with Gasteiger partial charge in [-0.15, -0.1) is 0 Å². The summed E-state index contributed by atoms with van der Waals surface area (Å²) in [6.45, 7) is 4.13. The summed E-state index contributed by atoms with van der Waals surface area (Å²) in [6, 6.07) is 7.07. The number of carbonyl (C=O) groups is 1. The molecule has 0 aliphatic heterocycles. The van der Waals surface area contributed by atoms with E-state index >= 15 is 0 Å². The van der Waals surface area contributed by atoms with Gasteiger partial charge in [0.25, 0.3) is 5.91 Å². The van der Waals surface area contributed by atoms with E-state index in [9.17, 15) is 4.79 Å². The van der Waals surface area contributed by atoms with Crippen LogP contribution in [0.2, 0.25) is 0 Å². The Morgan fingerprint density at radius 2 is 2.27 bits per heavy atom. The van der Waals surface area contributed by atoms with Gasteiger partial charge in [-0.05, 0) is 26.0 Å². The largest absolute Gasteiger partial charge is 0.493 e. The second kappa shape index (κ2) is 5.80. The number of hydrazone groups is 1. The fourth-order valence-corrected chi connectivity index (χ4v) is 1.12. The summed E-state index contributed by atoms with van der Waals surface area (Å²) in [5.41, 5.74) is 2.89. The Kier molecular flexibility index (Phi) is 4.34. The molecular weight excluding hydrogens is 192 g/mol. The van der Waals surface area contributed by atoms with Gasteiger partial charge >= 0.3 is 0 Å². The van der Waals surface area contributed by atoms with Gasteiger partial charge in [0.1, 0.15) is 5.75 Å². The topological polar surface area (TPSA) is 50.7 Å². The molecule has 0 saturated carbocycles. The first kappa shape index (κ1) is 11.2. The second-order valence-corrected chi connectivity index (χ2v) is 2.76. The van der Waals surface area contributed by atoms with Gasteiger partial charge in [-0.3, -0.25) is 4.79 Å². The first-order valence-electron chi connectivity index (χ1n) is 4.79. The SMILES string of the molecule is C/C=N/NC(=O)c1ccccc1OCC. The maximum atomic E-state index is 11.6. The Hall–Kier alpha value is -1.84. The molecule has 0 aromatic heterocycles. The summed E-state index contributed by atoms with van der Waals surface area (Å²) < 4.78 is 5.33. The lowest BCUT2D eigenvalue weighted by Crippen LogP contribution is -2.18. The Labute approximate surface area is 88.9 Å². The number of hydrogen-bond donors (Lipinski definition) is 1. The highest BCUT2D eigenvalue weighted by atomic mass is 16.5. The van der Waals surface area contributed by atoms with Crippen molar-refractivity contribution in [2.24, 2.45) is 5.10 Å². The molecular formula is C11H14N2O2. The molecule has 1 aromatic rings. The quantitative estimate of drug-likeness (QED) is 0.603. The van der Waals surface area contributed by atoms with Crippen molar-refractivity contribution in [3.8, 4) is 5.75 Å². The Morgan fingerprint density at radius 3 is 2.93 bits per heavy atom. The maximum absolute atomic E-state index is 11.6. The lowest BCUT2D eigenvalue weighted by molar-refractivity contribution is 0.0951. The molecule has 0 spiro atoms. The van der Waals surface area contributed by atoms with Crippen molar-refractivity contribution >= 4 is 12.1 Å². The van der Waals surface area contributed by atoms with Crippen molar-refractivity contribution in [1.29, 1.82) is 0 Å². The van der Waals surface area contributed by atoms with Crippen molar-refractivity contribution in [3.05, 3.63) is 29.8 Å². The van der Waals surface area contributed by atoms with Gasteiger partial charge in [-0.1, -0.05) is 12.1 Å². The molecule has 0 heterocycles. The first-order valence-corrected chi connectivity index (χ1v) is 4.79. The van der Waals surface area contributed by atoms with Crippen molar-refractivity contribution in [2.45, 2.75) is 13.8 Å². The molecule has 1 amide bonds. The Balaban J connectivity index is 2.86. The monoisotopic (exact) mass is 206 g/mol. The van der Waals surface area contributed by atoms with Crippen molar-refractivity contribution in [2.75, 3.05) is 6.61 Å². The molecule has 0 aliphatic rings. The smallest absolute Gasteiger partial charge is 0.275 e. The van der Waals surface area contributed by atoms with Crippen LogP contribution in [0.4, 0.5) is 0 Å². The third-order valence-corrected chi connectivity index (χ3v) is 1.73. The molecule has 0 unspecified atom stereocenters. The summed E-state index contributed by atoms with van der Waals surface area (Å²) in [6.07, 6.45) is 1.52. The predicted octanol–water partition coefficient (Wildman–Crippen LogP) is 1.82. The number of nitrogens with one attached hydrogen (secondary N) is 1. The summed E-state index contributed by atoms with van der Waals surface area (Å²) >= 11 is 0. The average molecular weight is 206 g/mol. The highest BCUT2D eigenvalue weighted by molar-refractivity contribution is 5.96. The van der Waals surface area contributed by atoms with Crippen LogP contribution in [0.15, 0.2) is 29.4 Å². The van der Waals surface area contributed by atoms with E-state index in [4.69, 9.17) is 4.74 Å². The minimum absolute atomic E-state index is 0.267. The van der Waals surface area contributed by atoms with Crippen LogP contribution in [-0.4, -0.2) is 18.7 Å². The molecule has 80 valence electrons. The number of nitrogens with zero attached hydrogens (tertiary/aromatic N) is 1. The predicted molar refractivity (Wildman–Crippen MR) is 59.2 cm³/mol. The zero-order valence-corrected chi connectivity index (χ0v) is 8.86. The number of rotatable bonds is 4. The van der Waals surface area contributed by atoms with E-state index in [2.05, 4.69) is 10.5 Å². The fraction of sp³-hybridized carbons (Fsp3) is 0.273. The molecule has 4 nitrogen and oxygen atoms in total. The molecule has 0 aliphatic carbocycles. The molecule has 4 heteroatoms. The van der Waals surface area contributed by atoms with E-state index in [0.717, 1.165) is 0 Å². The highest BCUT2D eigenvalue weighted by Gasteiger charge is 2.10. The van der Waals surface area contributed by atoms with E-state index in [1.807, 2.05) is 13.0 Å². The number of hydrogen-bond acceptors (Lipinski definition) is 3.